The van der Waals surface area contributed by atoms with Gasteiger partial charge in [-0.2, -0.15) is 0 Å². The third-order valence-corrected chi connectivity index (χ3v) is 5.69. The largest absolute Gasteiger partial charge is 0.497 e. The molecule has 0 N–H and O–H groups in total. The van der Waals surface area contributed by atoms with Crippen LogP contribution in [0.2, 0.25) is 0 Å². The molecule has 0 unspecified atom stereocenters. The Kier molecular flexibility index (Phi) is 5.80. The number of rotatable bonds is 4. The average Bonchev–Trinajstić information content (AvgIpc) is 2.79. The van der Waals surface area contributed by atoms with Crippen LogP contribution >= 0.6 is 0 Å². The van der Waals surface area contributed by atoms with E-state index in [-0.39, 0.29) is 5.91 Å². The molecule has 0 spiro atoms. The monoisotopic (exact) mass is 396 g/mol. The van der Waals surface area contributed by atoms with Crippen LogP contribution in [0.5, 0.6) is 5.75 Å². The Bertz CT molecular complexity index is 810. The third kappa shape index (κ3) is 4.42. The maximum absolute atomic E-state index is 12.8. The van der Waals surface area contributed by atoms with Gasteiger partial charge in [-0.1, -0.05) is 0 Å². The number of ether oxygens (including phenoxy) is 1. The van der Waals surface area contributed by atoms with Crippen molar-refractivity contribution in [2.45, 2.75) is 0 Å². The van der Waals surface area contributed by atoms with Crippen molar-refractivity contribution in [3.63, 3.8) is 0 Å². The summed E-state index contributed by atoms with van der Waals surface area (Å²) in [6, 6.07) is 8.03. The van der Waals surface area contributed by atoms with Gasteiger partial charge in [-0.3, -0.25) is 4.79 Å². The molecule has 1 aromatic carbocycles. The molecule has 8 nitrogen and oxygen atoms in total. The molecule has 2 saturated heterocycles. The first-order valence-electron chi connectivity index (χ1n) is 10.1. The fraction of sp³-hybridized carbons (Fsp3) is 0.476. The number of amides is 1. The van der Waals surface area contributed by atoms with E-state index in [0.29, 0.717) is 18.8 Å². The van der Waals surface area contributed by atoms with Crippen molar-refractivity contribution >= 4 is 17.4 Å². The molecule has 4 rings (SSSR count). The molecule has 2 aromatic rings. The highest BCUT2D eigenvalue weighted by Gasteiger charge is 2.24. The molecule has 0 saturated carbocycles. The van der Waals surface area contributed by atoms with E-state index in [1.54, 1.807) is 19.5 Å². The van der Waals surface area contributed by atoms with Gasteiger partial charge in [0.25, 0.3) is 5.91 Å². The second kappa shape index (κ2) is 8.65. The van der Waals surface area contributed by atoms with Crippen molar-refractivity contribution in [2.24, 2.45) is 0 Å². The molecule has 154 valence electrons. The SMILES string of the molecule is COc1ccc(N2CCN(C(=O)c3cnc(N4CCN(C)CC4)cn3)CC2)cc1. The smallest absolute Gasteiger partial charge is 0.274 e. The molecule has 0 radical (unpaired) electrons. The molecular formula is C21H28N6O2. The van der Waals surface area contributed by atoms with Crippen molar-refractivity contribution in [2.75, 3.05) is 76.3 Å². The molecule has 1 amide bonds. The predicted molar refractivity (Wildman–Crippen MR) is 113 cm³/mol. The van der Waals surface area contributed by atoms with Crippen molar-refractivity contribution in [3.05, 3.63) is 42.4 Å². The molecule has 2 fully saturated rings. The number of carbonyl (C=O) groups is 1. The minimum Gasteiger partial charge on any atom is -0.497 e. The molecule has 8 heteroatoms. The second-order valence-electron chi connectivity index (χ2n) is 7.53. The van der Waals surface area contributed by atoms with Gasteiger partial charge < -0.3 is 24.3 Å². The van der Waals surface area contributed by atoms with Crippen LogP contribution in [0.3, 0.4) is 0 Å². The van der Waals surface area contributed by atoms with Gasteiger partial charge in [0, 0.05) is 58.0 Å². The summed E-state index contributed by atoms with van der Waals surface area (Å²) in [6.45, 7) is 6.84. The van der Waals surface area contributed by atoms with Gasteiger partial charge in [0.15, 0.2) is 0 Å². The number of methoxy groups -OCH3 is 1. The summed E-state index contributed by atoms with van der Waals surface area (Å²) in [4.78, 5) is 30.4. The van der Waals surface area contributed by atoms with Crippen LogP contribution in [0.15, 0.2) is 36.7 Å². The van der Waals surface area contributed by atoms with Gasteiger partial charge in [0.2, 0.25) is 0 Å². The van der Waals surface area contributed by atoms with Gasteiger partial charge in [0.05, 0.1) is 19.5 Å². The predicted octanol–water partition coefficient (Wildman–Crippen LogP) is 1.20. The Hall–Kier alpha value is -2.87. The Morgan fingerprint density at radius 2 is 1.52 bits per heavy atom. The molecule has 29 heavy (non-hydrogen) atoms. The third-order valence-electron chi connectivity index (χ3n) is 5.69. The van der Waals surface area contributed by atoms with E-state index in [1.807, 2.05) is 17.0 Å². The number of hydrogen-bond donors (Lipinski definition) is 0. The van der Waals surface area contributed by atoms with Crippen molar-refractivity contribution in [3.8, 4) is 5.75 Å². The summed E-state index contributed by atoms with van der Waals surface area (Å²) >= 11 is 0. The van der Waals surface area contributed by atoms with Crippen LogP contribution in [0.25, 0.3) is 0 Å². The summed E-state index contributed by atoms with van der Waals surface area (Å²) in [5, 5.41) is 0. The fourth-order valence-corrected chi connectivity index (χ4v) is 3.75. The summed E-state index contributed by atoms with van der Waals surface area (Å²) in [6.07, 6.45) is 3.35. The lowest BCUT2D eigenvalue weighted by atomic mass is 10.2. The van der Waals surface area contributed by atoms with Gasteiger partial charge in [-0.15, -0.1) is 0 Å². The van der Waals surface area contributed by atoms with Gasteiger partial charge in [0.1, 0.15) is 17.3 Å². The van der Waals surface area contributed by atoms with Gasteiger partial charge in [-0.05, 0) is 31.3 Å². The van der Waals surface area contributed by atoms with Crippen molar-refractivity contribution in [1.29, 1.82) is 0 Å². The molecule has 0 aliphatic carbocycles. The quantitative estimate of drug-likeness (QED) is 0.769. The molecule has 2 aliphatic heterocycles. The van der Waals surface area contributed by atoms with Gasteiger partial charge >= 0.3 is 0 Å². The molecular weight excluding hydrogens is 368 g/mol. The lowest BCUT2D eigenvalue weighted by Crippen LogP contribution is -2.49. The van der Waals surface area contributed by atoms with E-state index < -0.39 is 0 Å². The lowest BCUT2D eigenvalue weighted by molar-refractivity contribution is 0.0740. The van der Waals surface area contributed by atoms with Crippen LogP contribution < -0.4 is 14.5 Å². The summed E-state index contributed by atoms with van der Waals surface area (Å²) in [5.74, 6) is 1.65. The first-order valence-corrected chi connectivity index (χ1v) is 10.1. The fourth-order valence-electron chi connectivity index (χ4n) is 3.75. The Balaban J connectivity index is 1.33. The zero-order valence-electron chi connectivity index (χ0n) is 17.1. The summed E-state index contributed by atoms with van der Waals surface area (Å²) < 4.78 is 5.22. The second-order valence-corrected chi connectivity index (χ2v) is 7.53. The van der Waals surface area contributed by atoms with Crippen LogP contribution in [0.1, 0.15) is 10.5 Å². The zero-order chi connectivity index (χ0) is 20.2. The number of hydrogen-bond acceptors (Lipinski definition) is 7. The van der Waals surface area contributed by atoms with E-state index in [4.69, 9.17) is 4.74 Å². The maximum atomic E-state index is 12.8. The molecule has 3 heterocycles. The topological polar surface area (TPSA) is 65.0 Å². The van der Waals surface area contributed by atoms with Gasteiger partial charge in [-0.25, -0.2) is 9.97 Å². The van der Waals surface area contributed by atoms with Crippen molar-refractivity contribution in [1.82, 2.24) is 19.8 Å². The first kappa shape index (κ1) is 19.4. The van der Waals surface area contributed by atoms with Crippen molar-refractivity contribution < 1.29 is 9.53 Å². The highest BCUT2D eigenvalue weighted by Crippen LogP contribution is 2.21. The number of anilines is 2. The number of piperazine rings is 2. The normalized spacial score (nSPS) is 18.1. The molecule has 1 aromatic heterocycles. The molecule has 0 bridgehead atoms. The number of benzene rings is 1. The highest BCUT2D eigenvalue weighted by molar-refractivity contribution is 5.92. The Labute approximate surface area is 171 Å². The minimum absolute atomic E-state index is 0.0446. The molecule has 0 atom stereocenters. The number of nitrogens with zero attached hydrogens (tertiary/aromatic N) is 6. The van der Waals surface area contributed by atoms with Crippen LogP contribution in [0, 0.1) is 0 Å². The highest BCUT2D eigenvalue weighted by atomic mass is 16.5. The number of aromatic nitrogens is 2. The van der Waals surface area contributed by atoms with E-state index in [9.17, 15) is 4.79 Å². The summed E-state index contributed by atoms with van der Waals surface area (Å²) in [7, 11) is 3.79. The number of likely N-dealkylation sites (N-methyl/N-ethyl adjacent to an activating group) is 1. The average molecular weight is 396 g/mol. The minimum atomic E-state index is -0.0446. The standard InChI is InChI=1S/C21H28N6O2/c1-24-7-9-26(10-8-24)20-16-22-19(15-23-20)21(28)27-13-11-25(12-14-27)17-3-5-18(29-2)6-4-17/h3-6,15-16H,7-14H2,1-2H3. The first-order chi connectivity index (χ1) is 14.1. The van der Waals surface area contributed by atoms with E-state index >= 15 is 0 Å². The van der Waals surface area contributed by atoms with E-state index in [1.165, 1.54) is 0 Å². The molecule has 2 aliphatic rings. The lowest BCUT2D eigenvalue weighted by Gasteiger charge is -2.36. The van der Waals surface area contributed by atoms with E-state index in [0.717, 1.165) is 56.5 Å². The Morgan fingerprint density at radius 1 is 0.862 bits per heavy atom. The van der Waals surface area contributed by atoms with Crippen LogP contribution in [-0.2, 0) is 0 Å². The van der Waals surface area contributed by atoms with Crippen LogP contribution in [-0.4, -0.2) is 92.2 Å². The van der Waals surface area contributed by atoms with Crippen LogP contribution in [0.4, 0.5) is 11.5 Å². The summed E-state index contributed by atoms with van der Waals surface area (Å²) in [5.41, 5.74) is 1.56. The van der Waals surface area contributed by atoms with E-state index in [2.05, 4.69) is 43.8 Å². The maximum Gasteiger partial charge on any atom is 0.274 e. The number of carbonyl (C=O) groups excluding carboxylic acids is 1. The zero-order valence-corrected chi connectivity index (χ0v) is 17.1. The Morgan fingerprint density at radius 3 is 2.10 bits per heavy atom.